The van der Waals surface area contributed by atoms with Crippen molar-refractivity contribution in [2.24, 2.45) is 5.41 Å². The van der Waals surface area contributed by atoms with Crippen molar-refractivity contribution in [3.63, 3.8) is 0 Å². The van der Waals surface area contributed by atoms with Crippen molar-refractivity contribution in [3.05, 3.63) is 35.4 Å². The molecule has 1 unspecified atom stereocenters. The lowest BCUT2D eigenvalue weighted by Crippen LogP contribution is -2.41. The van der Waals surface area contributed by atoms with E-state index in [4.69, 9.17) is 0 Å². The Bertz CT molecular complexity index is 364. The number of benzene rings is 1. The topological polar surface area (TPSA) is 12.0 Å². The van der Waals surface area contributed by atoms with Crippen LogP contribution in [0.3, 0.4) is 0 Å². The van der Waals surface area contributed by atoms with Crippen molar-refractivity contribution in [1.82, 2.24) is 5.32 Å². The highest BCUT2D eigenvalue weighted by molar-refractivity contribution is 5.23. The molecular formula is C16H25N. The summed E-state index contributed by atoms with van der Waals surface area (Å²) in [5.41, 5.74) is 3.34. The fraction of sp³-hybridized carbons (Fsp3) is 0.625. The van der Waals surface area contributed by atoms with Gasteiger partial charge in [0, 0.05) is 6.04 Å². The fourth-order valence-electron chi connectivity index (χ4n) is 3.30. The summed E-state index contributed by atoms with van der Waals surface area (Å²) in [7, 11) is 2.12. The van der Waals surface area contributed by atoms with Crippen LogP contribution in [-0.4, -0.2) is 13.1 Å². The van der Waals surface area contributed by atoms with E-state index < -0.39 is 0 Å². The monoisotopic (exact) mass is 231 g/mol. The van der Waals surface area contributed by atoms with Crippen LogP contribution >= 0.6 is 0 Å². The zero-order chi connectivity index (χ0) is 12.3. The molecule has 0 aromatic heterocycles. The van der Waals surface area contributed by atoms with E-state index in [0.29, 0.717) is 11.5 Å². The molecule has 1 saturated carbocycles. The number of aryl methyl sites for hydroxylation is 1. The van der Waals surface area contributed by atoms with E-state index in [9.17, 15) is 0 Å². The van der Waals surface area contributed by atoms with E-state index in [0.717, 1.165) is 6.42 Å². The van der Waals surface area contributed by atoms with Crippen LogP contribution in [0, 0.1) is 12.3 Å². The third kappa shape index (κ3) is 2.90. The molecule has 94 valence electrons. The van der Waals surface area contributed by atoms with E-state index in [1.807, 2.05) is 0 Å². The van der Waals surface area contributed by atoms with Crippen LogP contribution in [0.1, 0.15) is 43.7 Å². The summed E-state index contributed by atoms with van der Waals surface area (Å²) in [6.45, 7) is 4.63. The van der Waals surface area contributed by atoms with Gasteiger partial charge in [-0.25, -0.2) is 0 Å². The molecule has 1 aromatic carbocycles. The van der Waals surface area contributed by atoms with Crippen molar-refractivity contribution in [2.45, 2.75) is 52.0 Å². The minimum absolute atomic E-state index is 0.499. The molecule has 2 rings (SSSR count). The largest absolute Gasteiger partial charge is 0.316 e. The van der Waals surface area contributed by atoms with E-state index >= 15 is 0 Å². The minimum Gasteiger partial charge on any atom is -0.316 e. The lowest BCUT2D eigenvalue weighted by Gasteiger charge is -2.34. The van der Waals surface area contributed by atoms with E-state index in [1.54, 1.807) is 0 Å². The smallest absolute Gasteiger partial charge is 0.0158 e. The summed E-state index contributed by atoms with van der Waals surface area (Å²) in [4.78, 5) is 0. The van der Waals surface area contributed by atoms with Crippen LogP contribution < -0.4 is 5.32 Å². The zero-order valence-corrected chi connectivity index (χ0v) is 11.4. The maximum atomic E-state index is 3.55. The first-order valence-corrected chi connectivity index (χ1v) is 6.87. The van der Waals surface area contributed by atoms with Crippen LogP contribution in [0.15, 0.2) is 24.3 Å². The van der Waals surface area contributed by atoms with E-state index in [1.165, 1.54) is 36.8 Å². The first-order chi connectivity index (χ1) is 8.14. The molecule has 17 heavy (non-hydrogen) atoms. The highest BCUT2D eigenvalue weighted by Crippen LogP contribution is 2.41. The summed E-state index contributed by atoms with van der Waals surface area (Å²) < 4.78 is 0. The standard InChI is InChI=1S/C16H25N/c1-13-7-6-8-14(11-13)12-15(17-3)16(2)9-4-5-10-16/h6-8,11,15,17H,4-5,9-10,12H2,1-3H3. The maximum absolute atomic E-state index is 3.55. The van der Waals surface area contributed by atoms with Crippen molar-refractivity contribution >= 4 is 0 Å². The molecule has 1 aliphatic rings. The number of nitrogens with one attached hydrogen (secondary N) is 1. The Hall–Kier alpha value is -0.820. The fourth-order valence-corrected chi connectivity index (χ4v) is 3.30. The quantitative estimate of drug-likeness (QED) is 0.833. The number of hydrogen-bond donors (Lipinski definition) is 1. The van der Waals surface area contributed by atoms with Gasteiger partial charge in [-0.15, -0.1) is 0 Å². The Balaban J connectivity index is 2.09. The average Bonchev–Trinajstić information content (AvgIpc) is 2.74. The Morgan fingerprint density at radius 1 is 1.29 bits per heavy atom. The second-order valence-electron chi connectivity index (χ2n) is 5.90. The van der Waals surface area contributed by atoms with Gasteiger partial charge in [0.15, 0.2) is 0 Å². The van der Waals surface area contributed by atoms with Gasteiger partial charge in [0.1, 0.15) is 0 Å². The summed E-state index contributed by atoms with van der Waals surface area (Å²) in [6, 6.07) is 9.55. The van der Waals surface area contributed by atoms with Gasteiger partial charge in [0.2, 0.25) is 0 Å². The maximum Gasteiger partial charge on any atom is 0.0158 e. The van der Waals surface area contributed by atoms with Crippen LogP contribution in [0.4, 0.5) is 0 Å². The SMILES string of the molecule is CNC(Cc1cccc(C)c1)C1(C)CCCC1. The molecule has 1 N–H and O–H groups in total. The molecule has 0 heterocycles. The van der Waals surface area contributed by atoms with Gasteiger partial charge in [-0.2, -0.15) is 0 Å². The van der Waals surface area contributed by atoms with E-state index in [2.05, 4.69) is 50.5 Å². The van der Waals surface area contributed by atoms with Gasteiger partial charge in [0.05, 0.1) is 0 Å². The molecule has 1 nitrogen and oxygen atoms in total. The summed E-state index contributed by atoms with van der Waals surface area (Å²) in [5.74, 6) is 0. The lowest BCUT2D eigenvalue weighted by molar-refractivity contribution is 0.229. The summed E-state index contributed by atoms with van der Waals surface area (Å²) in [5, 5.41) is 3.55. The number of likely N-dealkylation sites (N-methyl/N-ethyl adjacent to an activating group) is 1. The molecule has 1 aromatic rings. The second-order valence-corrected chi connectivity index (χ2v) is 5.90. The van der Waals surface area contributed by atoms with Crippen molar-refractivity contribution < 1.29 is 0 Å². The van der Waals surface area contributed by atoms with Crippen molar-refractivity contribution in [1.29, 1.82) is 0 Å². The van der Waals surface area contributed by atoms with Gasteiger partial charge >= 0.3 is 0 Å². The highest BCUT2D eigenvalue weighted by Gasteiger charge is 2.35. The van der Waals surface area contributed by atoms with Gasteiger partial charge in [0.25, 0.3) is 0 Å². The first kappa shape index (κ1) is 12.6. The first-order valence-electron chi connectivity index (χ1n) is 6.87. The minimum atomic E-state index is 0.499. The highest BCUT2D eigenvalue weighted by atomic mass is 14.9. The van der Waals surface area contributed by atoms with Gasteiger partial charge in [-0.05, 0) is 44.2 Å². The number of hydrogen-bond acceptors (Lipinski definition) is 1. The zero-order valence-electron chi connectivity index (χ0n) is 11.4. The summed E-state index contributed by atoms with van der Waals surface area (Å²) >= 11 is 0. The molecule has 0 saturated heterocycles. The van der Waals surface area contributed by atoms with E-state index in [-0.39, 0.29) is 0 Å². The number of rotatable bonds is 4. The van der Waals surface area contributed by atoms with Gasteiger partial charge < -0.3 is 5.32 Å². The molecule has 1 fully saturated rings. The van der Waals surface area contributed by atoms with Crippen molar-refractivity contribution in [3.8, 4) is 0 Å². The Labute approximate surface area is 106 Å². The van der Waals surface area contributed by atoms with Crippen LogP contribution in [0.2, 0.25) is 0 Å². The lowest BCUT2D eigenvalue weighted by atomic mass is 9.78. The van der Waals surface area contributed by atoms with Gasteiger partial charge in [-0.3, -0.25) is 0 Å². The Morgan fingerprint density at radius 3 is 2.59 bits per heavy atom. The predicted octanol–water partition coefficient (Wildman–Crippen LogP) is 3.71. The third-order valence-electron chi connectivity index (χ3n) is 4.46. The molecule has 0 spiro atoms. The van der Waals surface area contributed by atoms with Gasteiger partial charge in [-0.1, -0.05) is 49.6 Å². The molecular weight excluding hydrogens is 206 g/mol. The van der Waals surface area contributed by atoms with Crippen LogP contribution in [0.5, 0.6) is 0 Å². The molecule has 0 bridgehead atoms. The molecule has 0 radical (unpaired) electrons. The van der Waals surface area contributed by atoms with Crippen LogP contribution in [-0.2, 0) is 6.42 Å². The molecule has 1 atom stereocenters. The predicted molar refractivity (Wildman–Crippen MR) is 74.3 cm³/mol. The molecule has 0 amide bonds. The molecule has 0 aliphatic heterocycles. The Kier molecular flexibility index (Phi) is 3.88. The van der Waals surface area contributed by atoms with Crippen molar-refractivity contribution in [2.75, 3.05) is 7.05 Å². The Morgan fingerprint density at radius 2 is 2.00 bits per heavy atom. The molecule has 1 heteroatoms. The molecule has 1 aliphatic carbocycles. The summed E-state index contributed by atoms with van der Waals surface area (Å²) in [6.07, 6.45) is 6.73. The van der Waals surface area contributed by atoms with Crippen LogP contribution in [0.25, 0.3) is 0 Å². The average molecular weight is 231 g/mol. The second kappa shape index (κ2) is 5.22. The third-order valence-corrected chi connectivity index (χ3v) is 4.46. The normalized spacial score (nSPS) is 20.4.